The molecule has 0 bridgehead atoms. The fraction of sp³-hybridized carbons (Fsp3) is 0.462. The standard InChI is InChI=1S/C26H33N3O3/c1-32-23-11-7-10-21(16-23)24(28-13-5-6-14-28)18-27-26(31)22-17-25(30)29(19-22)15-12-20-8-3-2-4-9-20/h2-4,7-11,16,22,24H,5-6,12-15,17-19H2,1H3,(H,27,31). The number of nitrogens with zero attached hydrogens (tertiary/aromatic N) is 2. The van der Waals surface area contributed by atoms with Crippen LogP contribution in [0.1, 0.15) is 36.4 Å². The first kappa shape index (κ1) is 22.3. The summed E-state index contributed by atoms with van der Waals surface area (Å²) in [5.74, 6) is 0.605. The Morgan fingerprint density at radius 2 is 1.91 bits per heavy atom. The van der Waals surface area contributed by atoms with Gasteiger partial charge in [0.2, 0.25) is 11.8 Å². The van der Waals surface area contributed by atoms with E-state index in [1.165, 1.54) is 18.4 Å². The van der Waals surface area contributed by atoms with Gasteiger partial charge in [-0.05, 0) is 55.6 Å². The highest BCUT2D eigenvalue weighted by molar-refractivity contribution is 5.89. The van der Waals surface area contributed by atoms with Crippen molar-refractivity contribution in [2.45, 2.75) is 31.7 Å². The molecule has 4 rings (SSSR count). The molecule has 0 saturated carbocycles. The molecular formula is C26H33N3O3. The maximum absolute atomic E-state index is 13.0. The summed E-state index contributed by atoms with van der Waals surface area (Å²) in [5, 5.41) is 3.15. The van der Waals surface area contributed by atoms with Gasteiger partial charge in [0.1, 0.15) is 5.75 Å². The quantitative estimate of drug-likeness (QED) is 0.658. The minimum Gasteiger partial charge on any atom is -0.497 e. The van der Waals surface area contributed by atoms with Gasteiger partial charge in [-0.3, -0.25) is 14.5 Å². The molecule has 2 heterocycles. The topological polar surface area (TPSA) is 61.9 Å². The first-order valence-electron chi connectivity index (χ1n) is 11.6. The van der Waals surface area contributed by atoms with Crippen molar-refractivity contribution in [2.24, 2.45) is 5.92 Å². The van der Waals surface area contributed by atoms with E-state index in [0.717, 1.165) is 30.8 Å². The van der Waals surface area contributed by atoms with Gasteiger partial charge in [0.05, 0.1) is 19.1 Å². The number of methoxy groups -OCH3 is 1. The molecule has 2 aliphatic rings. The van der Waals surface area contributed by atoms with Crippen LogP contribution in [0.2, 0.25) is 0 Å². The number of hydrogen-bond acceptors (Lipinski definition) is 4. The molecule has 2 unspecified atom stereocenters. The Balaban J connectivity index is 1.34. The van der Waals surface area contributed by atoms with E-state index in [9.17, 15) is 9.59 Å². The van der Waals surface area contributed by atoms with Gasteiger partial charge in [0, 0.05) is 26.1 Å². The maximum atomic E-state index is 13.0. The van der Waals surface area contributed by atoms with Crippen molar-refractivity contribution in [1.29, 1.82) is 0 Å². The van der Waals surface area contributed by atoms with E-state index in [1.807, 2.05) is 35.2 Å². The third-order valence-corrected chi connectivity index (χ3v) is 6.63. The number of nitrogens with one attached hydrogen (secondary N) is 1. The van der Waals surface area contributed by atoms with Crippen molar-refractivity contribution in [1.82, 2.24) is 15.1 Å². The molecule has 0 aliphatic carbocycles. The van der Waals surface area contributed by atoms with Crippen LogP contribution in [0.4, 0.5) is 0 Å². The fourth-order valence-electron chi connectivity index (χ4n) is 4.77. The van der Waals surface area contributed by atoms with E-state index < -0.39 is 0 Å². The van der Waals surface area contributed by atoms with Gasteiger partial charge >= 0.3 is 0 Å². The molecule has 0 spiro atoms. The van der Waals surface area contributed by atoms with E-state index in [1.54, 1.807) is 7.11 Å². The summed E-state index contributed by atoms with van der Waals surface area (Å²) in [4.78, 5) is 29.7. The molecule has 2 amide bonds. The molecule has 32 heavy (non-hydrogen) atoms. The van der Waals surface area contributed by atoms with E-state index in [0.29, 0.717) is 26.1 Å². The smallest absolute Gasteiger partial charge is 0.225 e. The lowest BCUT2D eigenvalue weighted by Gasteiger charge is -2.29. The van der Waals surface area contributed by atoms with Gasteiger partial charge < -0.3 is 15.0 Å². The van der Waals surface area contributed by atoms with Gasteiger partial charge in [-0.2, -0.15) is 0 Å². The predicted octanol–water partition coefficient (Wildman–Crippen LogP) is 3.04. The lowest BCUT2D eigenvalue weighted by atomic mass is 10.0. The lowest BCUT2D eigenvalue weighted by Crippen LogP contribution is -2.40. The molecule has 6 nitrogen and oxygen atoms in total. The molecule has 0 aromatic heterocycles. The fourth-order valence-corrected chi connectivity index (χ4v) is 4.77. The summed E-state index contributed by atoms with van der Waals surface area (Å²) in [7, 11) is 1.67. The van der Waals surface area contributed by atoms with Crippen LogP contribution in [0.5, 0.6) is 5.75 Å². The first-order chi connectivity index (χ1) is 15.6. The maximum Gasteiger partial charge on any atom is 0.225 e. The molecule has 2 fully saturated rings. The summed E-state index contributed by atoms with van der Waals surface area (Å²) in [6.07, 6.45) is 3.48. The Hall–Kier alpha value is -2.86. The second-order valence-corrected chi connectivity index (χ2v) is 8.76. The van der Waals surface area contributed by atoms with Crippen LogP contribution in [-0.2, 0) is 16.0 Å². The number of benzene rings is 2. The SMILES string of the molecule is COc1cccc(C(CNC(=O)C2CC(=O)N(CCc3ccccc3)C2)N2CCCC2)c1. The predicted molar refractivity (Wildman–Crippen MR) is 124 cm³/mol. The lowest BCUT2D eigenvalue weighted by molar-refractivity contribution is -0.129. The molecule has 0 radical (unpaired) electrons. The number of carbonyl (C=O) groups is 2. The minimum absolute atomic E-state index is 0.0207. The Morgan fingerprint density at radius 3 is 2.66 bits per heavy atom. The monoisotopic (exact) mass is 435 g/mol. The van der Waals surface area contributed by atoms with Gasteiger partial charge in [-0.25, -0.2) is 0 Å². The zero-order chi connectivity index (χ0) is 22.3. The van der Waals surface area contributed by atoms with Crippen LogP contribution in [0.15, 0.2) is 54.6 Å². The van der Waals surface area contributed by atoms with Gasteiger partial charge in [-0.1, -0.05) is 42.5 Å². The van der Waals surface area contributed by atoms with E-state index in [-0.39, 0.29) is 23.8 Å². The molecule has 6 heteroatoms. The Labute approximate surface area is 190 Å². The Bertz CT molecular complexity index is 912. The molecule has 2 aromatic rings. The highest BCUT2D eigenvalue weighted by Gasteiger charge is 2.34. The Morgan fingerprint density at radius 1 is 1.12 bits per heavy atom. The van der Waals surface area contributed by atoms with Crippen molar-refractivity contribution in [2.75, 3.05) is 39.8 Å². The highest BCUT2D eigenvalue weighted by atomic mass is 16.5. The molecule has 170 valence electrons. The number of hydrogen-bond donors (Lipinski definition) is 1. The van der Waals surface area contributed by atoms with E-state index >= 15 is 0 Å². The molecule has 2 aromatic carbocycles. The average molecular weight is 436 g/mol. The molecule has 2 saturated heterocycles. The van der Waals surface area contributed by atoms with Crippen molar-refractivity contribution in [3.8, 4) is 5.75 Å². The third-order valence-electron chi connectivity index (χ3n) is 6.63. The molecule has 1 N–H and O–H groups in total. The van der Waals surface area contributed by atoms with Crippen LogP contribution in [0.25, 0.3) is 0 Å². The number of ether oxygens (including phenoxy) is 1. The molecule has 2 atom stereocenters. The van der Waals surface area contributed by atoms with Gasteiger partial charge in [0.15, 0.2) is 0 Å². The van der Waals surface area contributed by atoms with Crippen LogP contribution in [0, 0.1) is 5.92 Å². The normalized spacial score (nSPS) is 19.8. The second-order valence-electron chi connectivity index (χ2n) is 8.76. The van der Waals surface area contributed by atoms with E-state index in [2.05, 4.69) is 34.5 Å². The number of rotatable bonds is 9. The molecular weight excluding hydrogens is 402 g/mol. The van der Waals surface area contributed by atoms with Crippen LogP contribution < -0.4 is 10.1 Å². The number of carbonyl (C=O) groups excluding carboxylic acids is 2. The van der Waals surface area contributed by atoms with Crippen molar-refractivity contribution >= 4 is 11.8 Å². The summed E-state index contributed by atoms with van der Waals surface area (Å²) >= 11 is 0. The minimum atomic E-state index is -0.275. The van der Waals surface area contributed by atoms with E-state index in [4.69, 9.17) is 4.74 Å². The third kappa shape index (κ3) is 5.49. The van der Waals surface area contributed by atoms with Gasteiger partial charge in [0.25, 0.3) is 0 Å². The van der Waals surface area contributed by atoms with Crippen LogP contribution >= 0.6 is 0 Å². The highest BCUT2D eigenvalue weighted by Crippen LogP contribution is 2.27. The Kier molecular flexibility index (Phi) is 7.43. The summed E-state index contributed by atoms with van der Waals surface area (Å²) in [6.45, 7) is 3.78. The first-order valence-corrected chi connectivity index (χ1v) is 11.6. The number of amides is 2. The summed E-state index contributed by atoms with van der Waals surface area (Å²) < 4.78 is 5.40. The van der Waals surface area contributed by atoms with Crippen molar-refractivity contribution in [3.05, 3.63) is 65.7 Å². The van der Waals surface area contributed by atoms with Crippen LogP contribution in [0.3, 0.4) is 0 Å². The van der Waals surface area contributed by atoms with Crippen molar-refractivity contribution < 1.29 is 14.3 Å². The van der Waals surface area contributed by atoms with Crippen LogP contribution in [-0.4, -0.2) is 61.4 Å². The summed E-state index contributed by atoms with van der Waals surface area (Å²) in [6, 6.07) is 18.4. The van der Waals surface area contributed by atoms with Gasteiger partial charge in [-0.15, -0.1) is 0 Å². The zero-order valence-corrected chi connectivity index (χ0v) is 18.8. The second kappa shape index (κ2) is 10.6. The number of likely N-dealkylation sites (tertiary alicyclic amines) is 2. The molecule has 2 aliphatic heterocycles. The summed E-state index contributed by atoms with van der Waals surface area (Å²) in [5.41, 5.74) is 2.36. The van der Waals surface area contributed by atoms with Crippen molar-refractivity contribution in [3.63, 3.8) is 0 Å². The average Bonchev–Trinajstić information content (AvgIpc) is 3.49. The largest absolute Gasteiger partial charge is 0.497 e. The zero-order valence-electron chi connectivity index (χ0n) is 18.8.